The lowest BCUT2D eigenvalue weighted by Crippen LogP contribution is -2.16. The molecule has 0 spiro atoms. The van der Waals surface area contributed by atoms with Crippen LogP contribution < -0.4 is 15.4 Å². The second kappa shape index (κ2) is 6.17. The van der Waals surface area contributed by atoms with Gasteiger partial charge in [-0.1, -0.05) is 19.4 Å². The van der Waals surface area contributed by atoms with Crippen molar-refractivity contribution in [2.24, 2.45) is 0 Å². The fourth-order valence-corrected chi connectivity index (χ4v) is 2.96. The molecule has 0 aliphatic carbocycles. The average molecular weight is 424 g/mol. The summed E-state index contributed by atoms with van der Waals surface area (Å²) in [4.78, 5) is 6.37. The van der Waals surface area contributed by atoms with Crippen molar-refractivity contribution < 1.29 is 24.2 Å². The van der Waals surface area contributed by atoms with Crippen molar-refractivity contribution in [1.29, 1.82) is 0 Å². The van der Waals surface area contributed by atoms with Crippen LogP contribution >= 0.6 is 10.2 Å². The number of anilines is 2. The van der Waals surface area contributed by atoms with Gasteiger partial charge in [0.25, 0.3) is 5.78 Å². The van der Waals surface area contributed by atoms with Gasteiger partial charge in [0.05, 0.1) is 0 Å². The Morgan fingerprint density at radius 2 is 1.75 bits per heavy atom. The first-order valence-electron chi connectivity index (χ1n) is 7.99. The zero-order chi connectivity index (χ0) is 20.6. The minimum atomic E-state index is -9.71. The normalized spacial score (nSPS) is 14.5. The minimum Gasteiger partial charge on any atom is -0.461 e. The number of likely N-dealkylation sites (N-methyl/N-ethyl adjacent to an activating group) is 1. The molecule has 0 aliphatic heterocycles. The molecule has 0 amide bonds. The molecule has 2 aromatic heterocycles. The summed E-state index contributed by atoms with van der Waals surface area (Å²) in [6, 6.07) is 4.16. The molecule has 7 nitrogen and oxygen atoms in total. The van der Waals surface area contributed by atoms with Crippen molar-refractivity contribution in [3.05, 3.63) is 36.0 Å². The van der Waals surface area contributed by atoms with E-state index in [4.69, 9.17) is 4.74 Å². The summed E-state index contributed by atoms with van der Waals surface area (Å²) in [6.07, 6.45) is 0. The van der Waals surface area contributed by atoms with Gasteiger partial charge < -0.3 is 15.4 Å². The van der Waals surface area contributed by atoms with E-state index in [1.54, 1.807) is 20.0 Å². The predicted molar refractivity (Wildman–Crippen MR) is 96.1 cm³/mol. The van der Waals surface area contributed by atoms with Gasteiger partial charge in [0, 0.05) is 24.0 Å². The van der Waals surface area contributed by atoms with Crippen LogP contribution in [-0.4, -0.2) is 39.8 Å². The molecule has 154 valence electrons. The number of hydrogen-bond donors (Lipinski definition) is 2. The third-order valence-electron chi connectivity index (χ3n) is 3.58. The third kappa shape index (κ3) is 4.59. The Labute approximate surface area is 156 Å². The number of fused-ring (bicyclic) bond motifs is 1. The lowest BCUT2D eigenvalue weighted by atomic mass is 10.3. The van der Waals surface area contributed by atoms with Crippen molar-refractivity contribution in [2.45, 2.75) is 11.8 Å². The lowest BCUT2D eigenvalue weighted by molar-refractivity contribution is 0.294. The third-order valence-corrected chi connectivity index (χ3v) is 4.74. The monoisotopic (exact) mass is 424 g/mol. The molecule has 0 saturated carbocycles. The van der Waals surface area contributed by atoms with Crippen molar-refractivity contribution in [3.8, 4) is 6.01 Å². The largest absolute Gasteiger partial charge is 0.461 e. The van der Waals surface area contributed by atoms with E-state index in [0.29, 0.717) is 36.8 Å². The van der Waals surface area contributed by atoms with E-state index < -0.39 is 15.1 Å². The van der Waals surface area contributed by atoms with Gasteiger partial charge in [-0.05, 0) is 38.2 Å². The Balaban J connectivity index is 1.89. The highest BCUT2D eigenvalue weighted by molar-refractivity contribution is 8.45. The maximum Gasteiger partial charge on any atom is 0.337 e. The van der Waals surface area contributed by atoms with Crippen molar-refractivity contribution in [2.75, 3.05) is 25.5 Å². The number of aryl methyl sites for hydroxylation is 1. The highest BCUT2D eigenvalue weighted by Crippen LogP contribution is 3.02. The van der Waals surface area contributed by atoms with Crippen LogP contribution in [0.2, 0.25) is 0 Å². The summed E-state index contributed by atoms with van der Waals surface area (Å²) >= 11 is 0. The van der Waals surface area contributed by atoms with Gasteiger partial charge in [0.1, 0.15) is 17.3 Å². The maximum absolute atomic E-state index is 12.8. The zero-order valence-corrected chi connectivity index (χ0v) is 15.6. The molecule has 1 aromatic carbocycles. The Morgan fingerprint density at radius 1 is 1.07 bits per heavy atom. The molecule has 0 aliphatic rings. The summed E-state index contributed by atoms with van der Waals surface area (Å²) < 4.78 is 70.8. The smallest absolute Gasteiger partial charge is 0.337 e. The Bertz CT molecular complexity index is 1010. The van der Waals surface area contributed by atoms with E-state index in [0.717, 1.165) is 12.1 Å². The quantitative estimate of drug-likeness (QED) is 0.432. The fourth-order valence-electron chi connectivity index (χ4n) is 2.31. The molecular formula is C15H17F5N6OS. The highest BCUT2D eigenvalue weighted by Gasteiger charge is 2.65. The number of ether oxygens (including phenoxy) is 1. The van der Waals surface area contributed by atoms with Crippen molar-refractivity contribution in [3.63, 3.8) is 0 Å². The standard InChI is InChI=1S/C15H17F5N6OS/c1-10-9-13(26-14(22-10)24-15(25-26)27-8-7-21-2)23-11-3-5-12(6-4-11)28(16,17,18,19)20/h3-6,9,21,23H,7-8H2,1-2H3. The van der Waals surface area contributed by atoms with Crippen LogP contribution in [0.15, 0.2) is 35.2 Å². The van der Waals surface area contributed by atoms with Gasteiger partial charge >= 0.3 is 16.2 Å². The molecule has 0 unspecified atom stereocenters. The van der Waals surface area contributed by atoms with Gasteiger partial charge in [-0.3, -0.25) is 0 Å². The van der Waals surface area contributed by atoms with Crippen LogP contribution in [-0.2, 0) is 0 Å². The van der Waals surface area contributed by atoms with Crippen LogP contribution in [0.1, 0.15) is 5.69 Å². The van der Waals surface area contributed by atoms with Gasteiger partial charge in [0.2, 0.25) is 0 Å². The van der Waals surface area contributed by atoms with E-state index in [-0.39, 0.29) is 17.5 Å². The number of hydrogen-bond acceptors (Lipinski definition) is 6. The van der Waals surface area contributed by atoms with Gasteiger partial charge in [-0.15, -0.1) is 5.10 Å². The van der Waals surface area contributed by atoms with Crippen molar-refractivity contribution in [1.82, 2.24) is 24.9 Å². The average Bonchev–Trinajstić information content (AvgIpc) is 2.96. The molecule has 0 saturated heterocycles. The van der Waals surface area contributed by atoms with Crippen LogP contribution in [0, 0.1) is 6.92 Å². The van der Waals surface area contributed by atoms with Crippen LogP contribution in [0.5, 0.6) is 6.01 Å². The number of nitrogens with one attached hydrogen (secondary N) is 2. The van der Waals surface area contributed by atoms with Gasteiger partial charge in [0.15, 0.2) is 0 Å². The topological polar surface area (TPSA) is 76.4 Å². The molecule has 0 fully saturated rings. The Morgan fingerprint density at radius 3 is 2.36 bits per heavy atom. The molecule has 0 bridgehead atoms. The lowest BCUT2D eigenvalue weighted by Gasteiger charge is -2.40. The molecule has 28 heavy (non-hydrogen) atoms. The number of aromatic nitrogens is 4. The molecule has 2 heterocycles. The first-order chi connectivity index (χ1) is 12.9. The van der Waals surface area contributed by atoms with E-state index in [2.05, 4.69) is 25.7 Å². The molecule has 2 N–H and O–H groups in total. The number of rotatable bonds is 7. The summed E-state index contributed by atoms with van der Waals surface area (Å²) in [7, 11) is -7.95. The maximum atomic E-state index is 12.8. The molecule has 0 radical (unpaired) electrons. The van der Waals surface area contributed by atoms with E-state index in [1.807, 2.05) is 0 Å². The minimum absolute atomic E-state index is 0.0765. The van der Waals surface area contributed by atoms with Crippen LogP contribution in [0.4, 0.5) is 30.9 Å². The number of benzene rings is 1. The zero-order valence-electron chi connectivity index (χ0n) is 14.8. The van der Waals surface area contributed by atoms with E-state index >= 15 is 0 Å². The highest BCUT2D eigenvalue weighted by atomic mass is 32.5. The van der Waals surface area contributed by atoms with E-state index in [1.165, 1.54) is 4.52 Å². The SMILES string of the molecule is CNCCOc1nc2nc(C)cc(Nc3ccc(S(F)(F)(F)(F)F)cc3)n2n1. The van der Waals surface area contributed by atoms with Crippen LogP contribution in [0.3, 0.4) is 0 Å². The molecule has 13 heteroatoms. The summed E-state index contributed by atoms with van der Waals surface area (Å²) in [5, 5.41) is 9.86. The molecule has 3 aromatic rings. The Hall–Kier alpha value is -2.67. The number of nitrogens with zero attached hydrogens (tertiary/aromatic N) is 4. The first kappa shape index (κ1) is 20.1. The summed E-state index contributed by atoms with van der Waals surface area (Å²) in [5.74, 6) is 0.546. The Kier molecular flexibility index (Phi) is 4.42. The molecule has 3 rings (SSSR count). The molecule has 0 atom stereocenters. The fraction of sp³-hybridized carbons (Fsp3) is 0.267. The molecular weight excluding hydrogens is 407 g/mol. The summed E-state index contributed by atoms with van der Waals surface area (Å²) in [6.45, 7) is 2.59. The van der Waals surface area contributed by atoms with Crippen LogP contribution in [0.25, 0.3) is 5.78 Å². The second-order valence-corrected chi connectivity index (χ2v) is 8.37. The van der Waals surface area contributed by atoms with Gasteiger partial charge in [-0.2, -0.15) is 9.50 Å². The second-order valence-electron chi connectivity index (χ2n) is 5.96. The predicted octanol–water partition coefficient (Wildman–Crippen LogP) is 4.43. The number of halogens is 5. The first-order valence-corrected chi connectivity index (χ1v) is 9.94. The van der Waals surface area contributed by atoms with Gasteiger partial charge in [-0.25, -0.2) is 4.98 Å². The van der Waals surface area contributed by atoms with E-state index in [9.17, 15) is 19.4 Å². The summed E-state index contributed by atoms with van der Waals surface area (Å²) in [5.41, 5.74) is 0.721. The van der Waals surface area contributed by atoms with Crippen molar-refractivity contribution >= 4 is 27.5 Å².